The van der Waals surface area contributed by atoms with Crippen molar-refractivity contribution in [3.63, 3.8) is 0 Å². The molecule has 110 valence electrons. The zero-order valence-electron chi connectivity index (χ0n) is 12.5. The van der Waals surface area contributed by atoms with Crippen molar-refractivity contribution in [3.05, 3.63) is 0 Å². The molecule has 0 spiro atoms. The van der Waals surface area contributed by atoms with Crippen molar-refractivity contribution < 1.29 is 9.47 Å². The molecule has 2 saturated heterocycles. The number of likely N-dealkylation sites (tertiary alicyclic amines) is 1. The van der Waals surface area contributed by atoms with Crippen molar-refractivity contribution in [3.8, 4) is 0 Å². The number of fused-ring (bicyclic) bond motifs is 1. The molecule has 4 heteroatoms. The Balaban J connectivity index is 1.63. The number of rotatable bonds is 4. The third kappa shape index (κ3) is 1.96. The van der Waals surface area contributed by atoms with Crippen molar-refractivity contribution in [2.75, 3.05) is 40.0 Å². The summed E-state index contributed by atoms with van der Waals surface area (Å²) in [5.41, 5.74) is 6.84. The second-order valence-electron chi connectivity index (χ2n) is 7.29. The monoisotopic (exact) mass is 268 g/mol. The second kappa shape index (κ2) is 4.69. The summed E-state index contributed by atoms with van der Waals surface area (Å²) >= 11 is 0. The van der Waals surface area contributed by atoms with Gasteiger partial charge in [0.05, 0.1) is 12.7 Å². The summed E-state index contributed by atoms with van der Waals surface area (Å²) in [4.78, 5) is 2.54. The Bertz CT molecular complexity index is 347. The van der Waals surface area contributed by atoms with Crippen molar-refractivity contribution in [2.45, 2.75) is 38.3 Å². The Morgan fingerprint density at radius 2 is 2.16 bits per heavy atom. The molecule has 0 aromatic heterocycles. The summed E-state index contributed by atoms with van der Waals surface area (Å²) in [7, 11) is 1.79. The van der Waals surface area contributed by atoms with E-state index in [-0.39, 0.29) is 11.0 Å². The fraction of sp³-hybridized carbons (Fsp3) is 1.00. The number of hydrogen-bond acceptors (Lipinski definition) is 4. The molecule has 2 aliphatic heterocycles. The summed E-state index contributed by atoms with van der Waals surface area (Å²) in [6, 6.07) is 0. The Kier molecular flexibility index (Phi) is 3.41. The molecule has 1 saturated carbocycles. The van der Waals surface area contributed by atoms with Gasteiger partial charge in [-0.05, 0) is 25.3 Å². The molecule has 2 heterocycles. The van der Waals surface area contributed by atoms with Crippen LogP contribution >= 0.6 is 0 Å². The third-order valence-corrected chi connectivity index (χ3v) is 5.92. The number of hydrogen-bond donors (Lipinski definition) is 1. The van der Waals surface area contributed by atoms with Gasteiger partial charge in [-0.2, -0.15) is 0 Å². The minimum absolute atomic E-state index is 0.0733. The molecule has 1 aliphatic carbocycles. The molecular weight excluding hydrogens is 240 g/mol. The average molecular weight is 268 g/mol. The maximum Gasteiger partial charge on any atom is 0.0691 e. The summed E-state index contributed by atoms with van der Waals surface area (Å²) in [5.74, 6) is 1.25. The molecule has 19 heavy (non-hydrogen) atoms. The number of methoxy groups -OCH3 is 1. The molecule has 4 nitrogen and oxygen atoms in total. The van der Waals surface area contributed by atoms with Crippen LogP contribution in [-0.4, -0.2) is 56.5 Å². The highest BCUT2D eigenvalue weighted by molar-refractivity contribution is 5.21. The minimum Gasteiger partial charge on any atom is -0.384 e. The van der Waals surface area contributed by atoms with Crippen molar-refractivity contribution in [1.82, 2.24) is 4.90 Å². The van der Waals surface area contributed by atoms with Crippen LogP contribution in [0.25, 0.3) is 0 Å². The number of nitrogens with zero attached hydrogens (tertiary/aromatic N) is 1. The summed E-state index contributed by atoms with van der Waals surface area (Å²) in [6.07, 6.45) is 2.77. The van der Waals surface area contributed by atoms with Gasteiger partial charge in [-0.3, -0.25) is 0 Å². The van der Waals surface area contributed by atoms with Crippen LogP contribution in [0.3, 0.4) is 0 Å². The van der Waals surface area contributed by atoms with E-state index in [2.05, 4.69) is 18.7 Å². The third-order valence-electron chi connectivity index (χ3n) is 5.92. The van der Waals surface area contributed by atoms with Crippen LogP contribution in [0.4, 0.5) is 0 Å². The first kappa shape index (κ1) is 13.8. The number of nitrogens with two attached hydrogens (primary N) is 1. The molecule has 3 fully saturated rings. The van der Waals surface area contributed by atoms with Crippen LogP contribution in [0.5, 0.6) is 0 Å². The molecule has 3 rings (SSSR count). The van der Waals surface area contributed by atoms with E-state index in [4.69, 9.17) is 15.2 Å². The largest absolute Gasteiger partial charge is 0.384 e. The van der Waals surface area contributed by atoms with Gasteiger partial charge >= 0.3 is 0 Å². The van der Waals surface area contributed by atoms with E-state index in [1.165, 1.54) is 13.0 Å². The highest BCUT2D eigenvalue weighted by atomic mass is 16.5. The van der Waals surface area contributed by atoms with E-state index < -0.39 is 0 Å². The Morgan fingerprint density at radius 1 is 1.37 bits per heavy atom. The van der Waals surface area contributed by atoms with Crippen molar-refractivity contribution in [2.24, 2.45) is 23.0 Å². The van der Waals surface area contributed by atoms with E-state index in [9.17, 15) is 0 Å². The van der Waals surface area contributed by atoms with Gasteiger partial charge in [0.2, 0.25) is 0 Å². The zero-order valence-corrected chi connectivity index (χ0v) is 12.5. The van der Waals surface area contributed by atoms with Crippen LogP contribution in [0.15, 0.2) is 0 Å². The van der Waals surface area contributed by atoms with Gasteiger partial charge < -0.3 is 20.1 Å². The molecule has 4 atom stereocenters. The first-order valence-corrected chi connectivity index (χ1v) is 7.61. The Hall–Kier alpha value is -0.160. The predicted octanol–water partition coefficient (Wildman–Crippen LogP) is 1.10. The second-order valence-corrected chi connectivity index (χ2v) is 7.29. The van der Waals surface area contributed by atoms with E-state index in [0.717, 1.165) is 32.7 Å². The van der Waals surface area contributed by atoms with Crippen LogP contribution in [0.2, 0.25) is 0 Å². The van der Waals surface area contributed by atoms with Gasteiger partial charge in [0.1, 0.15) is 0 Å². The smallest absolute Gasteiger partial charge is 0.0691 e. The molecule has 0 aromatic rings. The van der Waals surface area contributed by atoms with E-state index in [0.29, 0.717) is 17.9 Å². The minimum atomic E-state index is -0.0733. The van der Waals surface area contributed by atoms with E-state index in [1.807, 2.05) is 0 Å². The maximum atomic E-state index is 6.81. The first-order chi connectivity index (χ1) is 8.99. The summed E-state index contributed by atoms with van der Waals surface area (Å²) < 4.78 is 11.1. The summed E-state index contributed by atoms with van der Waals surface area (Å²) in [5, 5.41) is 0. The normalized spacial score (nSPS) is 45.2. The van der Waals surface area contributed by atoms with Crippen LogP contribution in [0, 0.1) is 17.3 Å². The topological polar surface area (TPSA) is 47.7 Å². The van der Waals surface area contributed by atoms with Gasteiger partial charge in [0.25, 0.3) is 0 Å². The SMILES string of the molecule is COCC1CCN(CC2(N)C3CCOC3C2(C)C)C1. The molecule has 0 radical (unpaired) electrons. The van der Waals surface area contributed by atoms with Crippen LogP contribution < -0.4 is 5.73 Å². The van der Waals surface area contributed by atoms with E-state index >= 15 is 0 Å². The Morgan fingerprint density at radius 3 is 2.89 bits per heavy atom. The lowest BCUT2D eigenvalue weighted by atomic mass is 9.48. The molecule has 0 aromatic carbocycles. The zero-order chi connectivity index (χ0) is 13.7. The molecule has 3 aliphatic rings. The van der Waals surface area contributed by atoms with Crippen molar-refractivity contribution >= 4 is 0 Å². The molecule has 2 N–H and O–H groups in total. The predicted molar refractivity (Wildman–Crippen MR) is 75.0 cm³/mol. The molecule has 0 amide bonds. The van der Waals surface area contributed by atoms with Gasteiger partial charge in [-0.15, -0.1) is 0 Å². The first-order valence-electron chi connectivity index (χ1n) is 7.61. The lowest BCUT2D eigenvalue weighted by Crippen LogP contribution is -2.78. The highest BCUT2D eigenvalue weighted by Gasteiger charge is 2.67. The quantitative estimate of drug-likeness (QED) is 0.829. The van der Waals surface area contributed by atoms with E-state index in [1.54, 1.807) is 7.11 Å². The lowest BCUT2D eigenvalue weighted by molar-refractivity contribution is -0.162. The fourth-order valence-electron chi connectivity index (χ4n) is 4.59. The van der Waals surface area contributed by atoms with Crippen LogP contribution in [-0.2, 0) is 9.47 Å². The fourth-order valence-corrected chi connectivity index (χ4v) is 4.59. The van der Waals surface area contributed by atoms with Gasteiger partial charge in [0, 0.05) is 43.7 Å². The standard InChI is InChI=1S/C15H28N2O2/c1-14(2)13-12(5-7-19-13)15(14,16)10-17-6-4-11(8-17)9-18-3/h11-13H,4-10,16H2,1-3H3. The van der Waals surface area contributed by atoms with Crippen LogP contribution in [0.1, 0.15) is 26.7 Å². The van der Waals surface area contributed by atoms with Crippen molar-refractivity contribution in [1.29, 1.82) is 0 Å². The summed E-state index contributed by atoms with van der Waals surface area (Å²) in [6.45, 7) is 9.66. The lowest BCUT2D eigenvalue weighted by Gasteiger charge is -2.63. The maximum absolute atomic E-state index is 6.81. The Labute approximate surface area is 116 Å². The molecule has 0 bridgehead atoms. The molecular formula is C15H28N2O2. The highest BCUT2D eigenvalue weighted by Crippen LogP contribution is 2.58. The van der Waals surface area contributed by atoms with Gasteiger partial charge in [0.15, 0.2) is 0 Å². The van der Waals surface area contributed by atoms with Gasteiger partial charge in [-0.1, -0.05) is 13.8 Å². The van der Waals surface area contributed by atoms with Gasteiger partial charge in [-0.25, -0.2) is 0 Å². The molecule has 4 unspecified atom stereocenters. The number of ether oxygens (including phenoxy) is 2. The average Bonchev–Trinajstić information content (AvgIpc) is 2.97.